The van der Waals surface area contributed by atoms with Crippen molar-refractivity contribution in [2.45, 2.75) is 19.0 Å². The third-order valence-corrected chi connectivity index (χ3v) is 6.02. The average molecular weight is 382 g/mol. The summed E-state index contributed by atoms with van der Waals surface area (Å²) in [5.74, 6) is 0.831. The number of anilines is 1. The number of hydrogen-bond acceptors (Lipinski definition) is 4. The standard InChI is InChI=1S/C20H19N3OS2/c1-13-10-12-26-19(13)18-17(16-5-3-4-11-21-16)22-20(25)23(18)14-6-8-15(24-2)9-7-14/h3-12,17-18H,1-2H3,(H,22,25)/t17-,18+/m1/s1. The van der Waals surface area contributed by atoms with Gasteiger partial charge in [-0.05, 0) is 72.5 Å². The van der Waals surface area contributed by atoms with Gasteiger partial charge in [-0.1, -0.05) is 6.07 Å². The Morgan fingerprint density at radius 3 is 2.58 bits per heavy atom. The van der Waals surface area contributed by atoms with Gasteiger partial charge in [0.25, 0.3) is 0 Å². The average Bonchev–Trinajstić information content (AvgIpc) is 3.25. The molecule has 132 valence electrons. The Balaban J connectivity index is 1.81. The van der Waals surface area contributed by atoms with E-state index < -0.39 is 0 Å². The lowest BCUT2D eigenvalue weighted by Crippen LogP contribution is -2.29. The van der Waals surface area contributed by atoms with Crippen LogP contribution in [-0.4, -0.2) is 17.2 Å². The van der Waals surface area contributed by atoms with Crippen LogP contribution in [0.5, 0.6) is 5.75 Å². The van der Waals surface area contributed by atoms with Crippen molar-refractivity contribution in [3.05, 3.63) is 76.2 Å². The van der Waals surface area contributed by atoms with Crippen molar-refractivity contribution in [3.63, 3.8) is 0 Å². The van der Waals surface area contributed by atoms with E-state index in [1.165, 1.54) is 10.4 Å². The van der Waals surface area contributed by atoms with E-state index in [9.17, 15) is 0 Å². The van der Waals surface area contributed by atoms with Crippen molar-refractivity contribution < 1.29 is 4.74 Å². The van der Waals surface area contributed by atoms with Crippen molar-refractivity contribution in [3.8, 4) is 5.75 Å². The minimum atomic E-state index is 0.00292. The molecule has 0 aliphatic carbocycles. The fraction of sp³-hybridized carbons (Fsp3) is 0.200. The zero-order chi connectivity index (χ0) is 18.1. The molecule has 4 nitrogen and oxygen atoms in total. The molecular weight excluding hydrogens is 362 g/mol. The van der Waals surface area contributed by atoms with Gasteiger partial charge in [0.15, 0.2) is 5.11 Å². The van der Waals surface area contributed by atoms with Crippen LogP contribution in [0.25, 0.3) is 0 Å². The van der Waals surface area contributed by atoms with E-state index in [2.05, 4.69) is 33.6 Å². The fourth-order valence-corrected chi connectivity index (χ4v) is 4.73. The fourth-order valence-electron chi connectivity index (χ4n) is 3.33. The van der Waals surface area contributed by atoms with Crippen molar-refractivity contribution in [2.75, 3.05) is 12.0 Å². The molecule has 1 N–H and O–H groups in total. The molecule has 1 aromatic carbocycles. The van der Waals surface area contributed by atoms with Gasteiger partial charge in [-0.25, -0.2) is 0 Å². The van der Waals surface area contributed by atoms with Gasteiger partial charge in [-0.2, -0.15) is 0 Å². The first-order valence-electron chi connectivity index (χ1n) is 8.37. The van der Waals surface area contributed by atoms with E-state index in [-0.39, 0.29) is 12.1 Å². The lowest BCUT2D eigenvalue weighted by molar-refractivity contribution is 0.415. The molecule has 1 saturated heterocycles. The zero-order valence-electron chi connectivity index (χ0n) is 14.5. The first kappa shape index (κ1) is 17.0. The Kier molecular flexibility index (Phi) is 4.61. The minimum Gasteiger partial charge on any atom is -0.497 e. The van der Waals surface area contributed by atoms with Crippen molar-refractivity contribution in [1.82, 2.24) is 10.3 Å². The van der Waals surface area contributed by atoms with Crippen LogP contribution in [0, 0.1) is 6.92 Å². The number of thiocarbonyl (C=S) groups is 1. The van der Waals surface area contributed by atoms with E-state index in [1.54, 1.807) is 18.4 Å². The molecule has 0 bridgehead atoms. The monoisotopic (exact) mass is 381 g/mol. The summed E-state index contributed by atoms with van der Waals surface area (Å²) in [4.78, 5) is 8.06. The lowest BCUT2D eigenvalue weighted by atomic mass is 10.0. The number of benzene rings is 1. The number of aromatic nitrogens is 1. The summed E-state index contributed by atoms with van der Waals surface area (Å²) in [5.41, 5.74) is 3.30. The van der Waals surface area contributed by atoms with E-state index in [0.717, 1.165) is 17.1 Å². The predicted octanol–water partition coefficient (Wildman–Crippen LogP) is 4.64. The van der Waals surface area contributed by atoms with E-state index in [1.807, 2.05) is 48.7 Å². The van der Waals surface area contributed by atoms with Crippen LogP contribution in [0.4, 0.5) is 5.69 Å². The maximum absolute atomic E-state index is 5.72. The van der Waals surface area contributed by atoms with Gasteiger partial charge in [0.05, 0.1) is 24.9 Å². The molecule has 0 radical (unpaired) electrons. The number of thiophene rings is 1. The number of rotatable bonds is 4. The molecule has 3 heterocycles. The molecule has 1 aliphatic rings. The van der Waals surface area contributed by atoms with Crippen LogP contribution in [0.1, 0.15) is 28.2 Å². The van der Waals surface area contributed by atoms with Crippen LogP contribution in [0.3, 0.4) is 0 Å². The highest BCUT2D eigenvalue weighted by molar-refractivity contribution is 7.80. The van der Waals surface area contributed by atoms with E-state index in [4.69, 9.17) is 17.0 Å². The molecule has 0 amide bonds. The Morgan fingerprint density at radius 1 is 1.15 bits per heavy atom. The van der Waals surface area contributed by atoms with Crippen LogP contribution in [0.15, 0.2) is 60.1 Å². The largest absolute Gasteiger partial charge is 0.497 e. The first-order valence-corrected chi connectivity index (χ1v) is 9.66. The molecule has 4 rings (SSSR count). The Labute approximate surface area is 162 Å². The molecule has 0 unspecified atom stereocenters. The summed E-state index contributed by atoms with van der Waals surface area (Å²) in [6, 6.07) is 16.2. The Bertz CT molecular complexity index is 908. The smallest absolute Gasteiger partial charge is 0.174 e. The number of pyridine rings is 1. The van der Waals surface area contributed by atoms with Crippen LogP contribution >= 0.6 is 23.6 Å². The quantitative estimate of drug-likeness (QED) is 0.667. The van der Waals surface area contributed by atoms with Crippen LogP contribution in [0.2, 0.25) is 0 Å². The van der Waals surface area contributed by atoms with Gasteiger partial charge in [0, 0.05) is 16.8 Å². The van der Waals surface area contributed by atoms with Crippen molar-refractivity contribution in [2.24, 2.45) is 0 Å². The minimum absolute atomic E-state index is 0.00292. The van der Waals surface area contributed by atoms with Gasteiger partial charge in [-0.3, -0.25) is 4.98 Å². The molecule has 0 saturated carbocycles. The Morgan fingerprint density at radius 2 is 1.96 bits per heavy atom. The van der Waals surface area contributed by atoms with E-state index in [0.29, 0.717) is 5.11 Å². The SMILES string of the molecule is COc1ccc(N2C(=S)N[C@H](c3ccccn3)[C@H]2c2sccc2C)cc1. The molecule has 3 aromatic rings. The third-order valence-electron chi connectivity index (χ3n) is 4.62. The van der Waals surface area contributed by atoms with Crippen LogP contribution < -0.4 is 15.0 Å². The number of aryl methyl sites for hydroxylation is 1. The van der Waals surface area contributed by atoms with Gasteiger partial charge in [0.2, 0.25) is 0 Å². The van der Waals surface area contributed by atoms with E-state index >= 15 is 0 Å². The summed E-state index contributed by atoms with van der Waals surface area (Å²) in [5, 5.41) is 6.33. The highest BCUT2D eigenvalue weighted by Gasteiger charge is 2.41. The van der Waals surface area contributed by atoms with Gasteiger partial charge < -0.3 is 15.0 Å². The van der Waals surface area contributed by atoms with Crippen molar-refractivity contribution in [1.29, 1.82) is 0 Å². The second kappa shape index (κ2) is 7.05. The summed E-state index contributed by atoms with van der Waals surface area (Å²) >= 11 is 7.48. The molecule has 6 heteroatoms. The molecule has 26 heavy (non-hydrogen) atoms. The first-order chi connectivity index (χ1) is 12.7. The number of methoxy groups -OCH3 is 1. The third kappa shape index (κ3) is 2.95. The summed E-state index contributed by atoms with van der Waals surface area (Å²) in [7, 11) is 1.67. The molecule has 2 atom stereocenters. The van der Waals surface area contributed by atoms with Gasteiger partial charge in [0.1, 0.15) is 5.75 Å². The molecule has 2 aromatic heterocycles. The van der Waals surface area contributed by atoms with Gasteiger partial charge >= 0.3 is 0 Å². The molecule has 1 aliphatic heterocycles. The Hall–Kier alpha value is -2.44. The number of nitrogens with zero attached hydrogens (tertiary/aromatic N) is 2. The molecular formula is C20H19N3OS2. The maximum atomic E-state index is 5.72. The predicted molar refractivity (Wildman–Crippen MR) is 110 cm³/mol. The van der Waals surface area contributed by atoms with Crippen molar-refractivity contribution >= 4 is 34.4 Å². The topological polar surface area (TPSA) is 37.4 Å². The highest BCUT2D eigenvalue weighted by Crippen LogP contribution is 2.44. The second-order valence-electron chi connectivity index (χ2n) is 6.16. The number of ether oxygens (including phenoxy) is 1. The summed E-state index contributed by atoms with van der Waals surface area (Å²) in [6.45, 7) is 2.15. The zero-order valence-corrected chi connectivity index (χ0v) is 16.2. The maximum Gasteiger partial charge on any atom is 0.174 e. The summed E-state index contributed by atoms with van der Waals surface area (Å²) in [6.07, 6.45) is 1.83. The highest BCUT2D eigenvalue weighted by atomic mass is 32.1. The summed E-state index contributed by atoms with van der Waals surface area (Å²) < 4.78 is 5.29. The number of hydrogen-bond donors (Lipinski definition) is 1. The number of nitrogens with one attached hydrogen (secondary N) is 1. The second-order valence-corrected chi connectivity index (χ2v) is 7.50. The molecule has 0 spiro atoms. The van der Waals surface area contributed by atoms with Gasteiger partial charge in [-0.15, -0.1) is 11.3 Å². The van der Waals surface area contributed by atoms with Crippen LogP contribution in [-0.2, 0) is 0 Å². The molecule has 1 fully saturated rings. The normalized spacial score (nSPS) is 19.5. The lowest BCUT2D eigenvalue weighted by Gasteiger charge is -2.27.